The van der Waals surface area contributed by atoms with Crippen molar-refractivity contribution in [3.63, 3.8) is 0 Å². The Labute approximate surface area is 112 Å². The molecule has 0 fully saturated rings. The fourth-order valence-corrected chi connectivity index (χ4v) is 2.40. The highest BCUT2D eigenvalue weighted by atomic mass is 32.2. The van der Waals surface area contributed by atoms with Crippen LogP contribution in [0.1, 0.15) is 5.56 Å². The molecule has 0 unspecified atom stereocenters. The van der Waals surface area contributed by atoms with Gasteiger partial charge >= 0.3 is 0 Å². The Morgan fingerprint density at radius 1 is 1.37 bits per heavy atom. The van der Waals surface area contributed by atoms with E-state index in [1.807, 2.05) is 19.1 Å². The van der Waals surface area contributed by atoms with Crippen molar-refractivity contribution in [3.8, 4) is 0 Å². The predicted molar refractivity (Wildman–Crippen MR) is 73.7 cm³/mol. The van der Waals surface area contributed by atoms with Crippen LogP contribution in [0, 0.1) is 6.92 Å². The minimum Gasteiger partial charge on any atom is -0.369 e. The molecule has 7 nitrogen and oxygen atoms in total. The van der Waals surface area contributed by atoms with Crippen molar-refractivity contribution in [2.24, 2.45) is 0 Å². The van der Waals surface area contributed by atoms with Gasteiger partial charge in [-0.15, -0.1) is 0 Å². The minimum absolute atomic E-state index is 0.0319. The maximum absolute atomic E-state index is 11.7. The van der Waals surface area contributed by atoms with Crippen LogP contribution in [-0.4, -0.2) is 53.7 Å². The van der Waals surface area contributed by atoms with Gasteiger partial charge in [0, 0.05) is 20.6 Å². The van der Waals surface area contributed by atoms with E-state index in [9.17, 15) is 8.42 Å². The van der Waals surface area contributed by atoms with Crippen LogP contribution in [0.25, 0.3) is 5.65 Å². The molecular weight excluding hydrogens is 266 g/mol. The largest absolute Gasteiger partial charge is 0.369 e. The molecule has 1 N–H and O–H groups in total. The smallest absolute Gasteiger partial charge is 0.215 e. The van der Waals surface area contributed by atoms with Gasteiger partial charge in [-0.1, -0.05) is 0 Å². The average molecular weight is 283 g/mol. The molecule has 2 aromatic heterocycles. The van der Waals surface area contributed by atoms with Crippen LogP contribution < -0.4 is 5.32 Å². The van der Waals surface area contributed by atoms with Crippen molar-refractivity contribution in [1.82, 2.24) is 18.9 Å². The second-order valence-electron chi connectivity index (χ2n) is 4.47. The van der Waals surface area contributed by atoms with E-state index in [1.54, 1.807) is 4.52 Å². The standard InChI is InChI=1S/C11H17N5O2S/c1-9-6-10(16-11(7-9)13-8-14-16)12-4-5-19(17,18)15(2)3/h6-8,12H,4-5H2,1-3H3. The normalized spacial score (nSPS) is 12.2. The molecule has 2 aromatic rings. The summed E-state index contributed by atoms with van der Waals surface area (Å²) in [4.78, 5) is 4.11. The first-order valence-corrected chi connectivity index (χ1v) is 7.45. The summed E-state index contributed by atoms with van der Waals surface area (Å²) in [6.45, 7) is 2.27. The molecule has 0 saturated heterocycles. The summed E-state index contributed by atoms with van der Waals surface area (Å²) in [6.07, 6.45) is 1.47. The van der Waals surface area contributed by atoms with Crippen LogP contribution >= 0.6 is 0 Å². The zero-order valence-electron chi connectivity index (χ0n) is 11.2. The minimum atomic E-state index is -3.19. The molecule has 0 aliphatic heterocycles. The van der Waals surface area contributed by atoms with Gasteiger partial charge in [-0.05, 0) is 24.6 Å². The fraction of sp³-hybridized carbons (Fsp3) is 0.455. The Morgan fingerprint density at radius 3 is 2.79 bits per heavy atom. The molecule has 0 atom stereocenters. The van der Waals surface area contributed by atoms with Gasteiger partial charge in [0.05, 0.1) is 5.75 Å². The second-order valence-corrected chi connectivity index (χ2v) is 6.78. The van der Waals surface area contributed by atoms with Crippen LogP contribution in [0.4, 0.5) is 5.82 Å². The lowest BCUT2D eigenvalue weighted by atomic mass is 10.3. The van der Waals surface area contributed by atoms with Crippen molar-refractivity contribution in [2.45, 2.75) is 6.92 Å². The molecule has 0 amide bonds. The summed E-state index contributed by atoms with van der Waals surface area (Å²) in [6, 6.07) is 3.82. The van der Waals surface area contributed by atoms with Gasteiger partial charge in [-0.2, -0.15) is 9.61 Å². The second kappa shape index (κ2) is 5.14. The number of pyridine rings is 1. The maximum Gasteiger partial charge on any atom is 0.215 e. The van der Waals surface area contributed by atoms with Crippen LogP contribution in [-0.2, 0) is 10.0 Å². The number of hydrogen-bond acceptors (Lipinski definition) is 5. The molecule has 0 bridgehead atoms. The highest BCUT2D eigenvalue weighted by molar-refractivity contribution is 7.89. The van der Waals surface area contributed by atoms with Crippen molar-refractivity contribution < 1.29 is 8.42 Å². The first kappa shape index (κ1) is 13.8. The van der Waals surface area contributed by atoms with E-state index in [2.05, 4.69) is 15.4 Å². The summed E-state index contributed by atoms with van der Waals surface area (Å²) >= 11 is 0. The van der Waals surface area contributed by atoms with Crippen molar-refractivity contribution >= 4 is 21.5 Å². The van der Waals surface area contributed by atoms with E-state index in [4.69, 9.17) is 0 Å². The third-order valence-corrected chi connectivity index (χ3v) is 4.58. The molecule has 19 heavy (non-hydrogen) atoms. The lowest BCUT2D eigenvalue weighted by Crippen LogP contribution is -2.28. The van der Waals surface area contributed by atoms with E-state index >= 15 is 0 Å². The first-order valence-electron chi connectivity index (χ1n) is 5.84. The molecule has 0 spiro atoms. The number of rotatable bonds is 5. The van der Waals surface area contributed by atoms with Crippen LogP contribution in [0.2, 0.25) is 0 Å². The molecular formula is C11H17N5O2S. The van der Waals surface area contributed by atoms with Gasteiger partial charge in [0.25, 0.3) is 0 Å². The van der Waals surface area contributed by atoms with Crippen molar-refractivity contribution in [3.05, 3.63) is 24.0 Å². The highest BCUT2D eigenvalue weighted by Gasteiger charge is 2.13. The van der Waals surface area contributed by atoms with E-state index < -0.39 is 10.0 Å². The monoisotopic (exact) mass is 283 g/mol. The molecule has 0 radical (unpaired) electrons. The fourth-order valence-electron chi connectivity index (χ4n) is 1.67. The number of aromatic nitrogens is 3. The van der Waals surface area contributed by atoms with Crippen LogP contribution in [0.3, 0.4) is 0 Å². The molecule has 0 aliphatic rings. The Morgan fingerprint density at radius 2 is 2.11 bits per heavy atom. The Bertz CT molecular complexity index is 677. The number of nitrogens with one attached hydrogen (secondary N) is 1. The van der Waals surface area contributed by atoms with Crippen LogP contribution in [0.5, 0.6) is 0 Å². The summed E-state index contributed by atoms with van der Waals surface area (Å²) < 4.78 is 26.2. The topological polar surface area (TPSA) is 79.6 Å². The average Bonchev–Trinajstić information content (AvgIpc) is 2.76. The summed E-state index contributed by atoms with van der Waals surface area (Å²) in [5.74, 6) is 0.769. The Hall–Kier alpha value is -1.67. The Balaban J connectivity index is 2.12. The quantitative estimate of drug-likeness (QED) is 0.856. The van der Waals surface area contributed by atoms with E-state index in [-0.39, 0.29) is 5.75 Å². The molecule has 0 saturated carbocycles. The summed E-state index contributed by atoms with van der Waals surface area (Å²) in [7, 11) is -0.142. The van der Waals surface area contributed by atoms with Crippen molar-refractivity contribution in [2.75, 3.05) is 31.7 Å². The summed E-state index contributed by atoms with van der Waals surface area (Å²) in [5, 5.41) is 7.17. The number of anilines is 1. The molecule has 104 valence electrons. The molecule has 2 rings (SSSR count). The SMILES string of the molecule is Cc1cc(NCCS(=O)(=O)N(C)C)n2ncnc2c1. The number of sulfonamides is 1. The van der Waals surface area contributed by atoms with Crippen LogP contribution in [0.15, 0.2) is 18.5 Å². The maximum atomic E-state index is 11.7. The predicted octanol–water partition coefficient (Wildman–Crippen LogP) is 0.341. The molecule has 0 aliphatic carbocycles. The third kappa shape index (κ3) is 3.02. The highest BCUT2D eigenvalue weighted by Crippen LogP contribution is 2.12. The van der Waals surface area contributed by atoms with Gasteiger partial charge in [-0.3, -0.25) is 0 Å². The zero-order valence-corrected chi connectivity index (χ0v) is 12.0. The van der Waals surface area contributed by atoms with E-state index in [0.29, 0.717) is 6.54 Å². The van der Waals surface area contributed by atoms with Crippen molar-refractivity contribution in [1.29, 1.82) is 0 Å². The van der Waals surface area contributed by atoms with Gasteiger partial charge in [0.15, 0.2) is 5.65 Å². The van der Waals surface area contributed by atoms with E-state index in [0.717, 1.165) is 17.0 Å². The molecule has 0 aromatic carbocycles. The first-order chi connectivity index (χ1) is 8.90. The number of nitrogens with zero attached hydrogens (tertiary/aromatic N) is 4. The molecule has 2 heterocycles. The summed E-state index contributed by atoms with van der Waals surface area (Å²) in [5.41, 5.74) is 1.77. The number of hydrogen-bond donors (Lipinski definition) is 1. The zero-order chi connectivity index (χ0) is 14.0. The third-order valence-electron chi connectivity index (χ3n) is 2.75. The lowest BCUT2D eigenvalue weighted by molar-refractivity contribution is 0.521. The number of aryl methyl sites for hydroxylation is 1. The van der Waals surface area contributed by atoms with Gasteiger partial charge in [0.2, 0.25) is 10.0 Å². The van der Waals surface area contributed by atoms with Gasteiger partial charge < -0.3 is 5.32 Å². The lowest BCUT2D eigenvalue weighted by Gasteiger charge is -2.13. The van der Waals surface area contributed by atoms with Gasteiger partial charge in [0.1, 0.15) is 12.1 Å². The van der Waals surface area contributed by atoms with Gasteiger partial charge in [-0.25, -0.2) is 17.7 Å². The number of fused-ring (bicyclic) bond motifs is 1. The van der Waals surface area contributed by atoms with E-state index in [1.165, 1.54) is 24.7 Å². The molecule has 8 heteroatoms. The Kier molecular flexibility index (Phi) is 3.72.